The summed E-state index contributed by atoms with van der Waals surface area (Å²) in [6, 6.07) is 2.69. The average Bonchev–Trinajstić information content (AvgIpc) is 3.31. The van der Waals surface area contributed by atoms with Crippen molar-refractivity contribution in [3.63, 3.8) is 0 Å². The molecule has 0 amide bonds. The third-order valence-electron chi connectivity index (χ3n) is 3.74. The van der Waals surface area contributed by atoms with Crippen LogP contribution in [0.3, 0.4) is 0 Å². The smallest absolute Gasteiger partial charge is 0.240 e. The lowest BCUT2D eigenvalue weighted by Crippen LogP contribution is -2.41. The lowest BCUT2D eigenvalue weighted by molar-refractivity contribution is 0.518. The van der Waals surface area contributed by atoms with Crippen molar-refractivity contribution in [3.8, 4) is 0 Å². The maximum absolute atomic E-state index is 14.1. The Morgan fingerprint density at radius 2 is 1.92 bits per heavy atom. The number of halogens is 2. The molecule has 25 heavy (non-hydrogen) atoms. The van der Waals surface area contributed by atoms with Gasteiger partial charge < -0.3 is 5.73 Å². The van der Waals surface area contributed by atoms with Gasteiger partial charge in [-0.05, 0) is 43.4 Å². The van der Waals surface area contributed by atoms with Crippen molar-refractivity contribution in [3.05, 3.63) is 24.0 Å². The Morgan fingerprint density at radius 3 is 2.40 bits per heavy atom. The van der Waals surface area contributed by atoms with Crippen LogP contribution in [-0.2, 0) is 20.0 Å². The molecule has 0 aliphatic heterocycles. The van der Waals surface area contributed by atoms with Crippen LogP contribution in [0.4, 0.5) is 10.1 Å². The monoisotopic (exact) mass is 415 g/mol. The van der Waals surface area contributed by atoms with Crippen LogP contribution < -0.4 is 15.2 Å². The first-order chi connectivity index (χ1) is 11.2. The number of anilines is 1. The first-order valence-corrected chi connectivity index (χ1v) is 10.8. The molecule has 1 aromatic rings. The highest BCUT2D eigenvalue weighted by Gasteiger charge is 2.33. The van der Waals surface area contributed by atoms with E-state index in [9.17, 15) is 21.2 Å². The Labute approximate surface area is 154 Å². The molecule has 0 spiro atoms. The van der Waals surface area contributed by atoms with E-state index in [1.165, 1.54) is 0 Å². The molecule has 1 fully saturated rings. The third-order valence-corrected chi connectivity index (χ3v) is 6.70. The zero-order valence-corrected chi connectivity index (χ0v) is 16.2. The maximum atomic E-state index is 14.1. The summed E-state index contributed by atoms with van der Waals surface area (Å²) in [6.45, 7) is 1.85. The Balaban J connectivity index is 0.00000312. The van der Waals surface area contributed by atoms with Gasteiger partial charge in [-0.25, -0.2) is 25.9 Å². The van der Waals surface area contributed by atoms with E-state index in [-0.39, 0.29) is 47.2 Å². The summed E-state index contributed by atoms with van der Waals surface area (Å²) in [5, 5.41) is 0. The van der Waals surface area contributed by atoms with Gasteiger partial charge in [-0.3, -0.25) is 4.72 Å². The van der Waals surface area contributed by atoms with Crippen molar-refractivity contribution in [2.75, 3.05) is 17.0 Å². The number of hydrogen-bond donors (Lipinski definition) is 3. The molecule has 0 aromatic heterocycles. The van der Waals surface area contributed by atoms with Crippen LogP contribution in [0.1, 0.15) is 26.2 Å². The molecule has 1 aromatic carbocycles. The molecule has 0 bridgehead atoms. The van der Waals surface area contributed by atoms with Crippen LogP contribution in [0.5, 0.6) is 0 Å². The number of benzene rings is 1. The second kappa shape index (κ2) is 8.63. The minimum atomic E-state index is -3.92. The van der Waals surface area contributed by atoms with Crippen molar-refractivity contribution >= 4 is 38.1 Å². The summed E-state index contributed by atoms with van der Waals surface area (Å²) in [6.07, 6.45) is 2.21. The molecule has 7 nitrogen and oxygen atoms in total. The van der Waals surface area contributed by atoms with Gasteiger partial charge in [0.15, 0.2) is 0 Å². The minimum absolute atomic E-state index is 0. The largest absolute Gasteiger partial charge is 0.329 e. The number of nitrogens with two attached hydrogens (primary N) is 1. The first-order valence-electron chi connectivity index (χ1n) is 7.71. The molecule has 1 aliphatic rings. The summed E-state index contributed by atoms with van der Waals surface area (Å²) >= 11 is 0. The molecule has 144 valence electrons. The highest BCUT2D eigenvalue weighted by molar-refractivity contribution is 7.92. The zero-order chi connectivity index (χ0) is 18.0. The first kappa shape index (κ1) is 22.1. The molecular weight excluding hydrogens is 393 g/mol. The number of nitrogens with one attached hydrogen (secondary N) is 2. The fraction of sp³-hybridized carbons (Fsp3) is 0.571. The summed E-state index contributed by atoms with van der Waals surface area (Å²) in [5.41, 5.74) is 5.30. The highest BCUT2D eigenvalue weighted by Crippen LogP contribution is 2.33. The normalized spacial score (nSPS) is 16.1. The lowest BCUT2D eigenvalue weighted by Gasteiger charge is -2.16. The Bertz CT molecular complexity index is 798. The van der Waals surface area contributed by atoms with Gasteiger partial charge in [-0.1, -0.05) is 6.92 Å². The highest BCUT2D eigenvalue weighted by atomic mass is 35.5. The van der Waals surface area contributed by atoms with Gasteiger partial charge >= 0.3 is 0 Å². The molecule has 1 atom stereocenters. The van der Waals surface area contributed by atoms with Crippen molar-refractivity contribution in [2.24, 2.45) is 11.7 Å². The summed E-state index contributed by atoms with van der Waals surface area (Å²) < 4.78 is 66.7. The van der Waals surface area contributed by atoms with Crippen LogP contribution in [0.2, 0.25) is 0 Å². The number of hydrogen-bond acceptors (Lipinski definition) is 5. The predicted octanol–water partition coefficient (Wildman–Crippen LogP) is 1.41. The summed E-state index contributed by atoms with van der Waals surface area (Å²) in [5.74, 6) is -0.879. The molecule has 1 aliphatic carbocycles. The van der Waals surface area contributed by atoms with Gasteiger partial charge in [0.1, 0.15) is 5.82 Å². The van der Waals surface area contributed by atoms with Crippen molar-refractivity contribution in [1.82, 2.24) is 4.72 Å². The summed E-state index contributed by atoms with van der Waals surface area (Å²) in [4.78, 5) is -0.266. The van der Waals surface area contributed by atoms with Crippen LogP contribution in [-0.4, -0.2) is 35.2 Å². The van der Waals surface area contributed by atoms with E-state index >= 15 is 0 Å². The van der Waals surface area contributed by atoms with Crippen LogP contribution in [0.15, 0.2) is 23.1 Å². The topological polar surface area (TPSA) is 118 Å². The van der Waals surface area contributed by atoms with Crippen LogP contribution in [0.25, 0.3) is 0 Å². The van der Waals surface area contributed by atoms with Crippen molar-refractivity contribution in [1.29, 1.82) is 0 Å². The fourth-order valence-corrected chi connectivity index (χ4v) is 4.81. The van der Waals surface area contributed by atoms with Gasteiger partial charge in [0.05, 0.1) is 16.3 Å². The minimum Gasteiger partial charge on any atom is -0.329 e. The molecule has 1 unspecified atom stereocenters. The van der Waals surface area contributed by atoms with Gasteiger partial charge in [-0.2, -0.15) is 0 Å². The molecule has 0 radical (unpaired) electrons. The molecule has 4 N–H and O–H groups in total. The molecular formula is C14H23ClFN3O4S2. The maximum Gasteiger partial charge on any atom is 0.240 e. The second-order valence-electron chi connectivity index (χ2n) is 5.86. The zero-order valence-electron chi connectivity index (χ0n) is 13.7. The van der Waals surface area contributed by atoms with Crippen molar-refractivity contribution in [2.45, 2.75) is 37.1 Å². The Kier molecular flexibility index (Phi) is 7.63. The predicted molar refractivity (Wildman–Crippen MR) is 97.2 cm³/mol. The number of sulfonamides is 2. The fourth-order valence-electron chi connectivity index (χ4n) is 2.34. The van der Waals surface area contributed by atoms with E-state index in [0.717, 1.165) is 31.0 Å². The average molecular weight is 416 g/mol. The molecule has 0 heterocycles. The summed E-state index contributed by atoms with van der Waals surface area (Å²) in [7, 11) is -7.57. The van der Waals surface area contributed by atoms with Gasteiger partial charge in [-0.15, -0.1) is 12.4 Å². The van der Waals surface area contributed by atoms with Gasteiger partial charge in [0.2, 0.25) is 20.0 Å². The van der Waals surface area contributed by atoms with Crippen LogP contribution in [0, 0.1) is 11.7 Å². The molecule has 0 saturated heterocycles. The third kappa shape index (κ3) is 6.07. The second-order valence-corrected chi connectivity index (χ2v) is 9.42. The Hall–Kier alpha value is -0.940. The Morgan fingerprint density at radius 1 is 1.28 bits per heavy atom. The van der Waals surface area contributed by atoms with E-state index < -0.39 is 25.9 Å². The van der Waals surface area contributed by atoms with E-state index in [1.807, 2.05) is 0 Å². The molecule has 1 saturated carbocycles. The van der Waals surface area contributed by atoms with Gasteiger partial charge in [0, 0.05) is 12.6 Å². The quantitative estimate of drug-likeness (QED) is 0.563. The van der Waals surface area contributed by atoms with E-state index in [1.54, 1.807) is 6.92 Å². The molecule has 2 rings (SSSR count). The van der Waals surface area contributed by atoms with Gasteiger partial charge in [0.25, 0.3) is 0 Å². The van der Waals surface area contributed by atoms with Crippen LogP contribution >= 0.6 is 12.4 Å². The standard InChI is InChI=1S/C14H22FN3O4S2.ClH/c1-2-7-23(19,20)17-13-6-5-11(8-12(13)15)24(21,22)18-14(9-16)10-3-4-10;/h5-6,8,10,14,17-18H,2-4,7,9,16H2,1H3;1H. The van der Waals surface area contributed by atoms with Crippen molar-refractivity contribution < 1.29 is 21.2 Å². The van der Waals surface area contributed by atoms with E-state index in [4.69, 9.17) is 5.73 Å². The number of rotatable bonds is 9. The molecule has 11 heteroatoms. The van der Waals surface area contributed by atoms with E-state index in [0.29, 0.717) is 6.42 Å². The van der Waals surface area contributed by atoms with E-state index in [2.05, 4.69) is 9.44 Å². The SMILES string of the molecule is CCCS(=O)(=O)Nc1ccc(S(=O)(=O)NC(CN)C2CC2)cc1F.Cl. The lowest BCUT2D eigenvalue weighted by atomic mass is 10.2.